The lowest BCUT2D eigenvalue weighted by atomic mass is 10.1. The molecule has 1 heterocycles. The van der Waals surface area contributed by atoms with Crippen molar-refractivity contribution in [1.82, 2.24) is 4.98 Å². The van der Waals surface area contributed by atoms with Gasteiger partial charge in [-0.2, -0.15) is 0 Å². The van der Waals surface area contributed by atoms with E-state index in [0.29, 0.717) is 11.3 Å². The van der Waals surface area contributed by atoms with Gasteiger partial charge in [0.25, 0.3) is 0 Å². The Balaban J connectivity index is 2.93. The number of hydrogen-bond acceptors (Lipinski definition) is 6. The zero-order chi connectivity index (χ0) is 15.3. The molecule has 110 valence electrons. The van der Waals surface area contributed by atoms with Crippen LogP contribution in [0.2, 0.25) is 0 Å². The molecule has 20 heavy (non-hydrogen) atoms. The summed E-state index contributed by atoms with van der Waals surface area (Å²) < 4.78 is 14.1. The molecule has 1 N–H and O–H groups in total. The highest BCUT2D eigenvalue weighted by Crippen LogP contribution is 2.19. The molecule has 0 spiro atoms. The van der Waals surface area contributed by atoms with E-state index < -0.39 is 24.5 Å². The average molecular weight is 283 g/mol. The lowest BCUT2D eigenvalue weighted by Crippen LogP contribution is -2.16. The zero-order valence-corrected chi connectivity index (χ0v) is 11.9. The summed E-state index contributed by atoms with van der Waals surface area (Å²) in [5.41, 5.74) is 1.32. The Kier molecular flexibility index (Phi) is 5.31. The van der Waals surface area contributed by atoms with E-state index in [4.69, 9.17) is 9.47 Å². The van der Waals surface area contributed by atoms with Crippen molar-refractivity contribution in [3.05, 3.63) is 22.5 Å². The van der Waals surface area contributed by atoms with E-state index in [-0.39, 0.29) is 17.9 Å². The number of carbonyl (C=O) groups is 3. The molecule has 0 aliphatic heterocycles. The van der Waals surface area contributed by atoms with E-state index in [0.717, 1.165) is 0 Å². The third-order valence-corrected chi connectivity index (χ3v) is 2.67. The molecule has 0 unspecified atom stereocenters. The summed E-state index contributed by atoms with van der Waals surface area (Å²) in [4.78, 5) is 37.3. The van der Waals surface area contributed by atoms with Crippen LogP contribution in [0.5, 0.6) is 0 Å². The number of esters is 3. The van der Waals surface area contributed by atoms with Gasteiger partial charge in [-0.15, -0.1) is 0 Å². The van der Waals surface area contributed by atoms with Crippen molar-refractivity contribution < 1.29 is 28.6 Å². The zero-order valence-electron chi connectivity index (χ0n) is 11.9. The van der Waals surface area contributed by atoms with E-state index in [9.17, 15) is 14.4 Å². The van der Waals surface area contributed by atoms with Gasteiger partial charge < -0.3 is 19.2 Å². The van der Waals surface area contributed by atoms with Crippen molar-refractivity contribution in [3.8, 4) is 0 Å². The predicted molar refractivity (Wildman–Crippen MR) is 68.5 cm³/mol. The molecule has 0 bridgehead atoms. The summed E-state index contributed by atoms with van der Waals surface area (Å²) in [7, 11) is 1.20. The second-order valence-electron chi connectivity index (χ2n) is 4.00. The number of carbonyl (C=O) groups excluding carboxylic acids is 3. The number of methoxy groups -OCH3 is 1. The summed E-state index contributed by atoms with van der Waals surface area (Å²) in [5, 5.41) is 0. The number of aromatic amines is 1. The molecule has 0 fully saturated rings. The van der Waals surface area contributed by atoms with Crippen molar-refractivity contribution in [2.24, 2.45) is 0 Å². The molecular formula is C13H17NO6. The van der Waals surface area contributed by atoms with Crippen LogP contribution in [-0.2, 0) is 19.0 Å². The van der Waals surface area contributed by atoms with Crippen molar-refractivity contribution in [1.29, 1.82) is 0 Å². The highest BCUT2D eigenvalue weighted by Gasteiger charge is 2.24. The molecule has 0 atom stereocenters. The van der Waals surface area contributed by atoms with Crippen LogP contribution >= 0.6 is 0 Å². The van der Waals surface area contributed by atoms with Crippen LogP contribution < -0.4 is 0 Å². The van der Waals surface area contributed by atoms with Gasteiger partial charge in [-0.1, -0.05) is 0 Å². The monoisotopic (exact) mass is 283 g/mol. The maximum Gasteiger partial charge on any atom is 0.355 e. The molecule has 0 aliphatic carbocycles. The molecule has 1 aromatic heterocycles. The van der Waals surface area contributed by atoms with Crippen LogP contribution in [0.1, 0.15) is 39.0 Å². The van der Waals surface area contributed by atoms with Crippen molar-refractivity contribution in [3.63, 3.8) is 0 Å². The van der Waals surface area contributed by atoms with Gasteiger partial charge in [0, 0.05) is 5.69 Å². The number of ether oxygens (including phenoxy) is 3. The van der Waals surface area contributed by atoms with Gasteiger partial charge in [-0.05, 0) is 26.3 Å². The van der Waals surface area contributed by atoms with E-state index in [1.165, 1.54) is 7.11 Å². The fraction of sp³-hybridized carbons (Fsp3) is 0.462. The molecule has 0 amide bonds. The summed E-state index contributed by atoms with van der Waals surface area (Å²) in [5.74, 6) is -1.90. The number of nitrogens with one attached hydrogen (secondary N) is 1. The van der Waals surface area contributed by atoms with Crippen LogP contribution in [-0.4, -0.2) is 43.2 Å². The minimum absolute atomic E-state index is 0.203. The summed E-state index contributed by atoms with van der Waals surface area (Å²) in [6.07, 6.45) is 0. The van der Waals surface area contributed by atoms with Crippen LogP contribution in [0.25, 0.3) is 0 Å². The van der Waals surface area contributed by atoms with Gasteiger partial charge in [-0.25, -0.2) is 14.4 Å². The third kappa shape index (κ3) is 3.37. The Labute approximate surface area is 116 Å². The first kappa shape index (κ1) is 15.7. The molecule has 7 heteroatoms. The van der Waals surface area contributed by atoms with Gasteiger partial charge in [0.2, 0.25) is 0 Å². The standard InChI is InChI=1S/C13H17NO6/c1-5-19-13(17)11-7(2)10(8(3)14-11)12(16)20-6-9(15)18-4/h14H,5-6H2,1-4H3. The number of rotatable bonds is 5. The largest absolute Gasteiger partial charge is 0.466 e. The van der Waals surface area contributed by atoms with Crippen molar-refractivity contribution in [2.45, 2.75) is 20.8 Å². The molecule has 0 aromatic carbocycles. The van der Waals surface area contributed by atoms with Gasteiger partial charge in [0.05, 0.1) is 19.3 Å². The Bertz CT molecular complexity index is 531. The van der Waals surface area contributed by atoms with Gasteiger partial charge in [0.1, 0.15) is 5.69 Å². The molecule has 0 saturated carbocycles. The fourth-order valence-electron chi connectivity index (χ4n) is 1.72. The Hall–Kier alpha value is -2.31. The van der Waals surface area contributed by atoms with E-state index >= 15 is 0 Å². The Morgan fingerprint density at radius 1 is 1.10 bits per heavy atom. The smallest absolute Gasteiger partial charge is 0.355 e. The summed E-state index contributed by atoms with van der Waals surface area (Å²) in [6, 6.07) is 0. The van der Waals surface area contributed by atoms with Crippen LogP contribution in [0.3, 0.4) is 0 Å². The second-order valence-corrected chi connectivity index (χ2v) is 4.00. The van der Waals surface area contributed by atoms with Crippen LogP contribution in [0.15, 0.2) is 0 Å². The Morgan fingerprint density at radius 2 is 1.75 bits per heavy atom. The first-order valence-corrected chi connectivity index (χ1v) is 6.02. The number of aryl methyl sites for hydroxylation is 1. The van der Waals surface area contributed by atoms with E-state index in [1.807, 2.05) is 0 Å². The van der Waals surface area contributed by atoms with E-state index in [1.54, 1.807) is 20.8 Å². The highest BCUT2D eigenvalue weighted by molar-refractivity contribution is 5.99. The minimum atomic E-state index is -0.697. The highest BCUT2D eigenvalue weighted by atomic mass is 16.6. The molecular weight excluding hydrogens is 266 g/mol. The summed E-state index contributed by atoms with van der Waals surface area (Å²) in [6.45, 7) is 4.68. The molecule has 0 radical (unpaired) electrons. The molecule has 1 rings (SSSR count). The topological polar surface area (TPSA) is 94.7 Å². The van der Waals surface area contributed by atoms with Crippen molar-refractivity contribution in [2.75, 3.05) is 20.3 Å². The predicted octanol–water partition coefficient (Wildman–Crippen LogP) is 1.14. The van der Waals surface area contributed by atoms with Crippen LogP contribution in [0, 0.1) is 13.8 Å². The maximum atomic E-state index is 11.9. The first-order valence-electron chi connectivity index (χ1n) is 6.02. The van der Waals surface area contributed by atoms with Gasteiger partial charge in [0.15, 0.2) is 6.61 Å². The average Bonchev–Trinajstić information content (AvgIpc) is 2.71. The number of hydrogen-bond donors (Lipinski definition) is 1. The van der Waals surface area contributed by atoms with Crippen molar-refractivity contribution >= 4 is 17.9 Å². The van der Waals surface area contributed by atoms with Crippen LogP contribution in [0.4, 0.5) is 0 Å². The maximum absolute atomic E-state index is 11.9. The van der Waals surface area contributed by atoms with Gasteiger partial charge in [-0.3, -0.25) is 0 Å². The molecule has 0 aliphatic rings. The quantitative estimate of drug-likeness (QED) is 0.643. The molecule has 1 aromatic rings. The molecule has 0 saturated heterocycles. The number of aromatic nitrogens is 1. The normalized spacial score (nSPS) is 10.0. The van der Waals surface area contributed by atoms with E-state index in [2.05, 4.69) is 9.72 Å². The lowest BCUT2D eigenvalue weighted by Gasteiger charge is -2.04. The van der Waals surface area contributed by atoms with Gasteiger partial charge >= 0.3 is 17.9 Å². The minimum Gasteiger partial charge on any atom is -0.466 e. The SMILES string of the molecule is CCOC(=O)c1[nH]c(C)c(C(=O)OCC(=O)OC)c1C. The third-order valence-electron chi connectivity index (χ3n) is 2.67. The summed E-state index contributed by atoms with van der Waals surface area (Å²) >= 11 is 0. The second kappa shape index (κ2) is 6.74. The fourth-order valence-corrected chi connectivity index (χ4v) is 1.72. The Morgan fingerprint density at radius 3 is 2.30 bits per heavy atom. The lowest BCUT2D eigenvalue weighted by molar-refractivity contribution is -0.144. The first-order chi connectivity index (χ1) is 9.42. The molecule has 7 nitrogen and oxygen atoms in total. The number of H-pyrrole nitrogens is 1.